The Morgan fingerprint density at radius 3 is 2.62 bits per heavy atom. The first-order valence-corrected chi connectivity index (χ1v) is 8.57. The molecular formula is C17H21N5O2. The predicted molar refractivity (Wildman–Crippen MR) is 88.4 cm³/mol. The molecule has 2 aliphatic rings. The van der Waals surface area contributed by atoms with Crippen LogP contribution in [-0.2, 0) is 11.2 Å². The Kier molecular flexibility index (Phi) is 3.92. The molecule has 1 saturated heterocycles. The molecule has 1 aliphatic heterocycles. The summed E-state index contributed by atoms with van der Waals surface area (Å²) in [5, 5.41) is 3.97. The predicted octanol–water partition coefficient (Wildman–Crippen LogP) is 1.75. The van der Waals surface area contributed by atoms with Gasteiger partial charge in [0.2, 0.25) is 17.6 Å². The average molecular weight is 327 g/mol. The average Bonchev–Trinajstić information content (AvgIpc) is 3.38. The van der Waals surface area contributed by atoms with Gasteiger partial charge in [0, 0.05) is 50.3 Å². The zero-order valence-electron chi connectivity index (χ0n) is 13.8. The second-order valence-electron chi connectivity index (χ2n) is 6.36. The van der Waals surface area contributed by atoms with Crippen molar-refractivity contribution >= 4 is 11.7 Å². The maximum atomic E-state index is 12.1. The standard InChI is InChI=1S/C17H21N5O2/c1-2-15-19-16(20-24-15)13-5-6-14(18-11-13)21-7-9-22(10-8-21)17(23)12-3-4-12/h5-6,11-12H,2-4,7-10H2,1H3. The Bertz CT molecular complexity index is 715. The van der Waals surface area contributed by atoms with Gasteiger partial charge in [-0.1, -0.05) is 12.1 Å². The molecule has 2 aromatic heterocycles. The van der Waals surface area contributed by atoms with Crippen molar-refractivity contribution in [2.24, 2.45) is 5.92 Å². The van der Waals surface area contributed by atoms with Crippen LogP contribution < -0.4 is 4.90 Å². The fourth-order valence-electron chi connectivity index (χ4n) is 2.97. The third kappa shape index (κ3) is 2.98. The van der Waals surface area contributed by atoms with Crippen molar-refractivity contribution in [3.63, 3.8) is 0 Å². The largest absolute Gasteiger partial charge is 0.353 e. The summed E-state index contributed by atoms with van der Waals surface area (Å²) in [6.07, 6.45) is 4.64. The Morgan fingerprint density at radius 2 is 2.04 bits per heavy atom. The van der Waals surface area contributed by atoms with Crippen molar-refractivity contribution in [1.29, 1.82) is 0 Å². The first kappa shape index (κ1) is 15.1. The number of hydrogen-bond donors (Lipinski definition) is 0. The number of piperazine rings is 1. The van der Waals surface area contributed by atoms with Gasteiger partial charge in [-0.2, -0.15) is 4.98 Å². The third-order valence-corrected chi connectivity index (χ3v) is 4.62. The topological polar surface area (TPSA) is 75.4 Å². The zero-order valence-corrected chi connectivity index (χ0v) is 13.8. The highest BCUT2D eigenvalue weighted by Crippen LogP contribution is 2.31. The summed E-state index contributed by atoms with van der Waals surface area (Å²) >= 11 is 0. The van der Waals surface area contributed by atoms with E-state index in [-0.39, 0.29) is 0 Å². The molecule has 0 aromatic carbocycles. The van der Waals surface area contributed by atoms with E-state index >= 15 is 0 Å². The van der Waals surface area contributed by atoms with Crippen LogP contribution in [0.1, 0.15) is 25.7 Å². The molecule has 2 fully saturated rings. The number of carbonyl (C=O) groups excluding carboxylic acids is 1. The fourth-order valence-corrected chi connectivity index (χ4v) is 2.97. The van der Waals surface area contributed by atoms with E-state index < -0.39 is 0 Å². The highest BCUT2D eigenvalue weighted by Gasteiger charge is 2.34. The van der Waals surface area contributed by atoms with E-state index in [1.807, 2.05) is 24.0 Å². The molecule has 7 heteroatoms. The molecule has 0 spiro atoms. The Morgan fingerprint density at radius 1 is 1.25 bits per heavy atom. The molecule has 0 N–H and O–H groups in total. The molecule has 1 aliphatic carbocycles. The number of rotatable bonds is 4. The minimum Gasteiger partial charge on any atom is -0.353 e. The summed E-state index contributed by atoms with van der Waals surface area (Å²) in [5.74, 6) is 2.77. The number of amides is 1. The SMILES string of the molecule is CCc1nc(-c2ccc(N3CCN(C(=O)C4CC4)CC3)nc2)no1. The van der Waals surface area contributed by atoms with Gasteiger partial charge in [-0.25, -0.2) is 4.98 Å². The van der Waals surface area contributed by atoms with Crippen molar-refractivity contribution < 1.29 is 9.32 Å². The molecule has 7 nitrogen and oxygen atoms in total. The van der Waals surface area contributed by atoms with E-state index in [2.05, 4.69) is 20.0 Å². The van der Waals surface area contributed by atoms with E-state index in [4.69, 9.17) is 4.52 Å². The Balaban J connectivity index is 1.39. The van der Waals surface area contributed by atoms with E-state index in [0.717, 1.165) is 56.8 Å². The van der Waals surface area contributed by atoms with Gasteiger partial charge >= 0.3 is 0 Å². The molecular weight excluding hydrogens is 306 g/mol. The normalized spacial score (nSPS) is 18.0. The monoisotopic (exact) mass is 327 g/mol. The van der Waals surface area contributed by atoms with Crippen LogP contribution >= 0.6 is 0 Å². The first-order chi connectivity index (χ1) is 11.7. The van der Waals surface area contributed by atoms with E-state index in [0.29, 0.717) is 23.5 Å². The molecule has 0 radical (unpaired) electrons. The molecule has 126 valence electrons. The van der Waals surface area contributed by atoms with E-state index in [1.54, 1.807) is 6.20 Å². The number of hydrogen-bond acceptors (Lipinski definition) is 6. The van der Waals surface area contributed by atoms with E-state index in [1.165, 1.54) is 0 Å². The maximum Gasteiger partial charge on any atom is 0.226 e. The molecule has 3 heterocycles. The van der Waals surface area contributed by atoms with Gasteiger partial charge in [-0.3, -0.25) is 4.79 Å². The summed E-state index contributed by atoms with van der Waals surface area (Å²) in [7, 11) is 0. The summed E-state index contributed by atoms with van der Waals surface area (Å²) < 4.78 is 5.14. The molecule has 4 rings (SSSR count). The lowest BCUT2D eigenvalue weighted by Crippen LogP contribution is -2.49. The lowest BCUT2D eigenvalue weighted by molar-refractivity contribution is -0.132. The molecule has 2 aromatic rings. The van der Waals surface area contributed by atoms with Crippen molar-refractivity contribution in [2.45, 2.75) is 26.2 Å². The van der Waals surface area contributed by atoms with Gasteiger partial charge in [0.25, 0.3) is 0 Å². The van der Waals surface area contributed by atoms with Crippen LogP contribution in [0.5, 0.6) is 0 Å². The van der Waals surface area contributed by atoms with E-state index in [9.17, 15) is 4.79 Å². The van der Waals surface area contributed by atoms with Crippen molar-refractivity contribution in [3.05, 3.63) is 24.2 Å². The second kappa shape index (κ2) is 6.22. The smallest absolute Gasteiger partial charge is 0.226 e. The van der Waals surface area contributed by atoms with Crippen molar-refractivity contribution in [3.8, 4) is 11.4 Å². The van der Waals surface area contributed by atoms with Crippen LogP contribution in [-0.4, -0.2) is 52.1 Å². The summed E-state index contributed by atoms with van der Waals surface area (Å²) in [4.78, 5) is 25.2. The van der Waals surface area contributed by atoms with Gasteiger partial charge in [0.05, 0.1) is 0 Å². The lowest BCUT2D eigenvalue weighted by atomic mass is 10.2. The number of carbonyl (C=O) groups is 1. The highest BCUT2D eigenvalue weighted by atomic mass is 16.5. The Hall–Kier alpha value is -2.44. The quantitative estimate of drug-likeness (QED) is 0.852. The molecule has 1 saturated carbocycles. The maximum absolute atomic E-state index is 12.1. The first-order valence-electron chi connectivity index (χ1n) is 8.57. The van der Waals surface area contributed by atoms with Crippen LogP contribution in [0.4, 0.5) is 5.82 Å². The summed E-state index contributed by atoms with van der Waals surface area (Å²) in [6, 6.07) is 3.95. The highest BCUT2D eigenvalue weighted by molar-refractivity contribution is 5.81. The summed E-state index contributed by atoms with van der Waals surface area (Å²) in [6.45, 7) is 5.19. The summed E-state index contributed by atoms with van der Waals surface area (Å²) in [5.41, 5.74) is 0.852. The number of aryl methyl sites for hydroxylation is 1. The molecule has 0 bridgehead atoms. The van der Waals surface area contributed by atoms with Crippen LogP contribution in [0, 0.1) is 5.92 Å². The van der Waals surface area contributed by atoms with Gasteiger partial charge in [-0.15, -0.1) is 0 Å². The third-order valence-electron chi connectivity index (χ3n) is 4.62. The van der Waals surface area contributed by atoms with Crippen LogP contribution in [0.3, 0.4) is 0 Å². The van der Waals surface area contributed by atoms with Crippen LogP contribution in [0.2, 0.25) is 0 Å². The Labute approximate surface area is 140 Å². The molecule has 0 unspecified atom stereocenters. The van der Waals surface area contributed by atoms with Gasteiger partial charge in [0.15, 0.2) is 0 Å². The van der Waals surface area contributed by atoms with Gasteiger partial charge < -0.3 is 14.3 Å². The number of anilines is 1. The van der Waals surface area contributed by atoms with Crippen molar-refractivity contribution in [2.75, 3.05) is 31.1 Å². The molecule has 1 amide bonds. The number of aromatic nitrogens is 3. The molecule has 0 atom stereocenters. The lowest BCUT2D eigenvalue weighted by Gasteiger charge is -2.35. The van der Waals surface area contributed by atoms with Gasteiger partial charge in [-0.05, 0) is 25.0 Å². The zero-order chi connectivity index (χ0) is 16.5. The molecule has 24 heavy (non-hydrogen) atoms. The minimum atomic E-state index is 0.303. The fraction of sp³-hybridized carbons (Fsp3) is 0.529. The van der Waals surface area contributed by atoms with Crippen molar-refractivity contribution in [1.82, 2.24) is 20.0 Å². The number of nitrogens with zero attached hydrogens (tertiary/aromatic N) is 5. The van der Waals surface area contributed by atoms with Crippen LogP contribution in [0.15, 0.2) is 22.9 Å². The second-order valence-corrected chi connectivity index (χ2v) is 6.36. The van der Waals surface area contributed by atoms with Crippen LogP contribution in [0.25, 0.3) is 11.4 Å². The minimum absolute atomic E-state index is 0.303. The number of pyridine rings is 1. The van der Waals surface area contributed by atoms with Gasteiger partial charge in [0.1, 0.15) is 5.82 Å².